The maximum absolute atomic E-state index is 13.7. The summed E-state index contributed by atoms with van der Waals surface area (Å²) in [4.78, 5) is 36.0. The Balaban J connectivity index is 1.71. The average Bonchev–Trinajstić information content (AvgIpc) is 3.23. The summed E-state index contributed by atoms with van der Waals surface area (Å²) in [5.41, 5.74) is 1.53. The van der Waals surface area contributed by atoms with Crippen molar-refractivity contribution in [2.45, 2.75) is 52.6 Å². The van der Waals surface area contributed by atoms with Gasteiger partial charge < -0.3 is 14.8 Å². The van der Waals surface area contributed by atoms with Crippen LogP contribution in [0.2, 0.25) is 0 Å². The lowest BCUT2D eigenvalue weighted by atomic mass is 9.97. The highest BCUT2D eigenvalue weighted by Gasteiger charge is 2.23. The molecule has 2 aromatic heterocycles. The summed E-state index contributed by atoms with van der Waals surface area (Å²) in [6.45, 7) is 6.23. The Kier molecular flexibility index (Phi) is 7.53. The Hall–Kier alpha value is -2.91. The highest BCUT2D eigenvalue weighted by atomic mass is 32.1. The van der Waals surface area contributed by atoms with Crippen LogP contribution in [0.15, 0.2) is 23.0 Å². The van der Waals surface area contributed by atoms with E-state index in [4.69, 9.17) is 14.5 Å². The number of benzene rings is 1. The summed E-state index contributed by atoms with van der Waals surface area (Å²) in [6.07, 6.45) is 4.12. The Labute approximate surface area is 203 Å². The SMILES string of the molecule is CCN(CC)Cc1nc2sc3c(c2c(=O)n1CC(=O)Nc1ccc(OC)cc1OC)CCCC3. The molecule has 1 amide bonds. The van der Waals surface area contributed by atoms with Gasteiger partial charge in [0.15, 0.2) is 0 Å². The molecule has 1 aromatic carbocycles. The van der Waals surface area contributed by atoms with Crippen molar-refractivity contribution in [1.82, 2.24) is 14.5 Å². The van der Waals surface area contributed by atoms with E-state index < -0.39 is 0 Å². The largest absolute Gasteiger partial charge is 0.497 e. The van der Waals surface area contributed by atoms with Crippen LogP contribution in [0.1, 0.15) is 43.0 Å². The molecule has 1 aliphatic rings. The molecule has 0 saturated heterocycles. The molecule has 4 rings (SSSR count). The van der Waals surface area contributed by atoms with Crippen LogP contribution in [0.5, 0.6) is 11.5 Å². The molecule has 34 heavy (non-hydrogen) atoms. The fourth-order valence-electron chi connectivity index (χ4n) is 4.45. The molecule has 1 N–H and O–H groups in total. The lowest BCUT2D eigenvalue weighted by Gasteiger charge is -2.20. The molecule has 0 saturated carbocycles. The van der Waals surface area contributed by atoms with Crippen molar-refractivity contribution in [3.63, 3.8) is 0 Å². The summed E-state index contributed by atoms with van der Waals surface area (Å²) < 4.78 is 12.2. The second-order valence-electron chi connectivity index (χ2n) is 8.39. The highest BCUT2D eigenvalue weighted by Crippen LogP contribution is 2.34. The van der Waals surface area contributed by atoms with Crippen molar-refractivity contribution in [1.29, 1.82) is 0 Å². The molecule has 0 fully saturated rings. The number of anilines is 1. The Morgan fingerprint density at radius 3 is 2.65 bits per heavy atom. The van der Waals surface area contributed by atoms with Gasteiger partial charge in [-0.1, -0.05) is 13.8 Å². The Bertz CT molecular complexity index is 1250. The van der Waals surface area contributed by atoms with E-state index >= 15 is 0 Å². The predicted molar refractivity (Wildman–Crippen MR) is 135 cm³/mol. The van der Waals surface area contributed by atoms with Crippen molar-refractivity contribution in [2.24, 2.45) is 0 Å². The first-order chi connectivity index (χ1) is 16.5. The highest BCUT2D eigenvalue weighted by molar-refractivity contribution is 7.18. The number of methoxy groups -OCH3 is 2. The molecule has 1 aliphatic carbocycles. The number of fused-ring (bicyclic) bond motifs is 3. The van der Waals surface area contributed by atoms with E-state index in [1.807, 2.05) is 0 Å². The molecule has 0 aliphatic heterocycles. The second-order valence-corrected chi connectivity index (χ2v) is 9.47. The topological polar surface area (TPSA) is 85.7 Å². The molecule has 0 bridgehead atoms. The smallest absolute Gasteiger partial charge is 0.263 e. The summed E-state index contributed by atoms with van der Waals surface area (Å²) in [6, 6.07) is 5.19. The van der Waals surface area contributed by atoms with Gasteiger partial charge in [-0.2, -0.15) is 0 Å². The molecule has 9 heteroatoms. The minimum atomic E-state index is -0.309. The zero-order valence-corrected chi connectivity index (χ0v) is 21.1. The van der Waals surface area contributed by atoms with E-state index in [1.54, 1.807) is 41.2 Å². The quantitative estimate of drug-likeness (QED) is 0.497. The van der Waals surface area contributed by atoms with Crippen LogP contribution >= 0.6 is 11.3 Å². The standard InChI is InChI=1S/C25H32N4O4S/c1-5-28(6-2)14-21-27-24-23(17-9-7-8-10-20(17)34-24)25(31)29(21)15-22(30)26-18-12-11-16(32-3)13-19(18)33-4/h11-13H,5-10,14-15H2,1-4H3,(H,26,30). The van der Waals surface area contributed by atoms with Gasteiger partial charge in [0.1, 0.15) is 28.7 Å². The lowest BCUT2D eigenvalue weighted by molar-refractivity contribution is -0.116. The minimum absolute atomic E-state index is 0.113. The Morgan fingerprint density at radius 2 is 1.94 bits per heavy atom. The van der Waals surface area contributed by atoms with Gasteiger partial charge in [0.2, 0.25) is 5.91 Å². The summed E-state index contributed by atoms with van der Waals surface area (Å²) in [5, 5.41) is 3.58. The van der Waals surface area contributed by atoms with Crippen molar-refractivity contribution in [3.8, 4) is 11.5 Å². The fraction of sp³-hybridized carbons (Fsp3) is 0.480. The van der Waals surface area contributed by atoms with Crippen LogP contribution in [0.3, 0.4) is 0 Å². The third-order valence-electron chi connectivity index (χ3n) is 6.40. The number of amides is 1. The number of aryl methyl sites for hydroxylation is 2. The number of rotatable bonds is 9. The van der Waals surface area contributed by atoms with E-state index in [0.717, 1.165) is 49.2 Å². The molecule has 3 aromatic rings. The van der Waals surface area contributed by atoms with Gasteiger partial charge in [0.25, 0.3) is 5.56 Å². The molecule has 0 unspecified atom stereocenters. The summed E-state index contributed by atoms with van der Waals surface area (Å²) in [5.74, 6) is 1.43. The molecule has 0 atom stereocenters. The number of ether oxygens (including phenoxy) is 2. The van der Waals surface area contributed by atoms with E-state index in [2.05, 4.69) is 24.1 Å². The van der Waals surface area contributed by atoms with Gasteiger partial charge in [-0.3, -0.25) is 19.1 Å². The normalized spacial score (nSPS) is 13.2. The molecular weight excluding hydrogens is 452 g/mol. The molecule has 0 spiro atoms. The van der Waals surface area contributed by atoms with Crippen molar-refractivity contribution in [2.75, 3.05) is 32.6 Å². The maximum Gasteiger partial charge on any atom is 0.263 e. The number of hydrogen-bond donors (Lipinski definition) is 1. The van der Waals surface area contributed by atoms with Crippen LogP contribution in [-0.4, -0.2) is 47.7 Å². The fourth-order valence-corrected chi connectivity index (χ4v) is 5.72. The number of nitrogens with one attached hydrogen (secondary N) is 1. The van der Waals surface area contributed by atoms with Gasteiger partial charge in [-0.05, 0) is 56.5 Å². The molecule has 2 heterocycles. The first-order valence-electron chi connectivity index (χ1n) is 11.8. The second kappa shape index (κ2) is 10.6. The number of carbonyl (C=O) groups is 1. The summed E-state index contributed by atoms with van der Waals surface area (Å²) in [7, 11) is 3.11. The lowest BCUT2D eigenvalue weighted by Crippen LogP contribution is -2.34. The number of carbonyl (C=O) groups excluding carboxylic acids is 1. The molecule has 0 radical (unpaired) electrons. The van der Waals surface area contributed by atoms with Gasteiger partial charge in [-0.25, -0.2) is 4.98 Å². The average molecular weight is 485 g/mol. The van der Waals surface area contributed by atoms with Crippen LogP contribution in [-0.2, 0) is 30.7 Å². The van der Waals surface area contributed by atoms with E-state index in [0.29, 0.717) is 34.9 Å². The summed E-state index contributed by atoms with van der Waals surface area (Å²) >= 11 is 1.64. The first-order valence-corrected chi connectivity index (χ1v) is 12.6. The Morgan fingerprint density at radius 1 is 1.18 bits per heavy atom. The van der Waals surface area contributed by atoms with Gasteiger partial charge in [-0.15, -0.1) is 11.3 Å². The number of thiophene rings is 1. The zero-order chi connectivity index (χ0) is 24.2. The molecule has 8 nitrogen and oxygen atoms in total. The van der Waals surface area contributed by atoms with Crippen LogP contribution < -0.4 is 20.3 Å². The predicted octanol–water partition coefficient (Wildman–Crippen LogP) is 3.83. The number of hydrogen-bond acceptors (Lipinski definition) is 7. The zero-order valence-electron chi connectivity index (χ0n) is 20.3. The van der Waals surface area contributed by atoms with Gasteiger partial charge >= 0.3 is 0 Å². The van der Waals surface area contributed by atoms with Gasteiger partial charge in [0, 0.05) is 10.9 Å². The maximum atomic E-state index is 13.7. The van der Waals surface area contributed by atoms with Gasteiger partial charge in [0.05, 0.1) is 31.8 Å². The van der Waals surface area contributed by atoms with E-state index in [-0.39, 0.29) is 18.0 Å². The van der Waals surface area contributed by atoms with Crippen molar-refractivity contribution in [3.05, 3.63) is 44.8 Å². The van der Waals surface area contributed by atoms with Crippen molar-refractivity contribution < 1.29 is 14.3 Å². The van der Waals surface area contributed by atoms with Crippen LogP contribution in [0.4, 0.5) is 5.69 Å². The van der Waals surface area contributed by atoms with Crippen LogP contribution in [0.25, 0.3) is 10.2 Å². The monoisotopic (exact) mass is 484 g/mol. The van der Waals surface area contributed by atoms with Crippen molar-refractivity contribution >= 4 is 33.1 Å². The van der Waals surface area contributed by atoms with E-state index in [1.165, 1.54) is 12.0 Å². The third-order valence-corrected chi connectivity index (χ3v) is 7.58. The number of aromatic nitrogens is 2. The minimum Gasteiger partial charge on any atom is -0.497 e. The number of nitrogens with zero attached hydrogens (tertiary/aromatic N) is 3. The first kappa shape index (κ1) is 24.2. The molecule has 182 valence electrons. The van der Waals surface area contributed by atoms with Crippen LogP contribution in [0, 0.1) is 0 Å². The van der Waals surface area contributed by atoms with E-state index in [9.17, 15) is 9.59 Å². The third kappa shape index (κ3) is 4.81. The molecular formula is C25H32N4O4S.